The summed E-state index contributed by atoms with van der Waals surface area (Å²) >= 11 is 0. The minimum atomic E-state index is -0.289. The number of aromatic nitrogens is 2. The Hall–Kier alpha value is -2.99. The first-order valence-electron chi connectivity index (χ1n) is 10.6. The second kappa shape index (κ2) is 8.03. The predicted octanol–water partition coefficient (Wildman–Crippen LogP) is 3.75. The Morgan fingerprint density at radius 2 is 1.83 bits per heavy atom. The summed E-state index contributed by atoms with van der Waals surface area (Å²) in [5.41, 5.74) is 3.16. The maximum Gasteiger partial charge on any atom is 0.272 e. The molecule has 3 aromatic rings. The van der Waals surface area contributed by atoms with E-state index in [2.05, 4.69) is 27.2 Å². The van der Waals surface area contributed by atoms with Crippen LogP contribution >= 0.6 is 0 Å². The molecular formula is C24H25FN4O. The number of amides is 1. The number of carbonyl (C=O) groups excluding carboxylic acids is 1. The van der Waals surface area contributed by atoms with Crippen LogP contribution in [0.3, 0.4) is 0 Å². The molecule has 30 heavy (non-hydrogen) atoms. The van der Waals surface area contributed by atoms with E-state index in [-0.39, 0.29) is 17.8 Å². The molecule has 1 unspecified atom stereocenters. The van der Waals surface area contributed by atoms with Crippen molar-refractivity contribution in [3.8, 4) is 11.3 Å². The molecule has 0 bridgehead atoms. The normalized spacial score (nSPS) is 19.8. The molecule has 0 spiro atoms. The van der Waals surface area contributed by atoms with Gasteiger partial charge >= 0.3 is 0 Å². The number of benzene rings is 2. The molecule has 5 rings (SSSR count). The molecule has 1 saturated heterocycles. The molecule has 6 heteroatoms. The third-order valence-corrected chi connectivity index (χ3v) is 6.10. The van der Waals surface area contributed by atoms with Crippen LogP contribution in [0.2, 0.25) is 0 Å². The molecule has 154 valence electrons. The average Bonchev–Trinajstić information content (AvgIpc) is 3.51. The third-order valence-electron chi connectivity index (χ3n) is 6.10. The van der Waals surface area contributed by atoms with Gasteiger partial charge in [0.1, 0.15) is 11.5 Å². The molecule has 1 amide bonds. The number of piperazine rings is 1. The number of hydrogen-bond acceptors (Lipinski definition) is 3. The lowest BCUT2D eigenvalue weighted by Crippen LogP contribution is -2.56. The monoisotopic (exact) mass is 404 g/mol. The third kappa shape index (κ3) is 4.00. The van der Waals surface area contributed by atoms with Crippen molar-refractivity contribution in [2.24, 2.45) is 0 Å². The highest BCUT2D eigenvalue weighted by Gasteiger charge is 2.37. The van der Waals surface area contributed by atoms with Gasteiger partial charge in [-0.3, -0.25) is 14.8 Å². The van der Waals surface area contributed by atoms with Crippen LogP contribution in [0.25, 0.3) is 11.3 Å². The van der Waals surface area contributed by atoms with Crippen molar-refractivity contribution in [1.29, 1.82) is 0 Å². The van der Waals surface area contributed by atoms with E-state index in [1.54, 1.807) is 18.2 Å². The largest absolute Gasteiger partial charge is 0.331 e. The first-order valence-corrected chi connectivity index (χ1v) is 10.6. The Morgan fingerprint density at radius 1 is 1.07 bits per heavy atom. The summed E-state index contributed by atoms with van der Waals surface area (Å²) in [6.45, 7) is 2.54. The van der Waals surface area contributed by atoms with Gasteiger partial charge in [-0.05, 0) is 55.2 Å². The van der Waals surface area contributed by atoms with Crippen LogP contribution < -0.4 is 0 Å². The molecule has 1 N–H and O–H groups in total. The van der Waals surface area contributed by atoms with E-state index in [1.807, 2.05) is 23.1 Å². The Labute approximate surface area is 175 Å². The minimum absolute atomic E-state index is 0.0211. The zero-order chi connectivity index (χ0) is 20.5. The summed E-state index contributed by atoms with van der Waals surface area (Å²) in [4.78, 5) is 17.9. The fourth-order valence-electron chi connectivity index (χ4n) is 4.33. The van der Waals surface area contributed by atoms with Gasteiger partial charge in [0.05, 0.1) is 5.69 Å². The van der Waals surface area contributed by atoms with Crippen molar-refractivity contribution in [2.75, 3.05) is 19.6 Å². The van der Waals surface area contributed by atoms with Gasteiger partial charge in [0.2, 0.25) is 0 Å². The van der Waals surface area contributed by atoms with E-state index in [0.717, 1.165) is 31.6 Å². The minimum Gasteiger partial charge on any atom is -0.331 e. The number of halogens is 1. The molecule has 1 aliphatic carbocycles. The average molecular weight is 404 g/mol. The lowest BCUT2D eigenvalue weighted by Gasteiger charge is -2.41. The second-order valence-corrected chi connectivity index (χ2v) is 8.24. The van der Waals surface area contributed by atoms with Crippen LogP contribution in [0.1, 0.15) is 28.9 Å². The Kier molecular flexibility index (Phi) is 5.09. The predicted molar refractivity (Wildman–Crippen MR) is 114 cm³/mol. The fourth-order valence-corrected chi connectivity index (χ4v) is 4.33. The molecule has 2 heterocycles. The van der Waals surface area contributed by atoms with Gasteiger partial charge in [0.15, 0.2) is 0 Å². The number of carbonyl (C=O) groups is 1. The summed E-state index contributed by atoms with van der Waals surface area (Å²) in [6, 6.07) is 19.1. The summed E-state index contributed by atoms with van der Waals surface area (Å²) in [5.74, 6) is -0.310. The lowest BCUT2D eigenvalue weighted by molar-refractivity contribution is 0.0432. The summed E-state index contributed by atoms with van der Waals surface area (Å²) in [6.07, 6.45) is 3.38. The Morgan fingerprint density at radius 3 is 2.57 bits per heavy atom. The van der Waals surface area contributed by atoms with E-state index >= 15 is 0 Å². The van der Waals surface area contributed by atoms with Gasteiger partial charge in [-0.1, -0.05) is 30.3 Å². The van der Waals surface area contributed by atoms with Crippen molar-refractivity contribution >= 4 is 5.91 Å². The van der Waals surface area contributed by atoms with E-state index in [0.29, 0.717) is 17.4 Å². The van der Waals surface area contributed by atoms with Crippen LogP contribution in [-0.2, 0) is 6.42 Å². The molecule has 1 atom stereocenters. The van der Waals surface area contributed by atoms with Crippen molar-refractivity contribution in [1.82, 2.24) is 20.0 Å². The highest BCUT2D eigenvalue weighted by Crippen LogP contribution is 2.30. The summed E-state index contributed by atoms with van der Waals surface area (Å²) in [7, 11) is 0. The molecule has 5 nitrogen and oxygen atoms in total. The molecule has 2 aromatic carbocycles. The van der Waals surface area contributed by atoms with Crippen LogP contribution in [0.15, 0.2) is 60.7 Å². The second-order valence-electron chi connectivity index (χ2n) is 8.24. The smallest absolute Gasteiger partial charge is 0.272 e. The van der Waals surface area contributed by atoms with E-state index in [9.17, 15) is 9.18 Å². The Bertz CT molecular complexity index is 1010. The van der Waals surface area contributed by atoms with Crippen LogP contribution in [-0.4, -0.2) is 57.6 Å². The zero-order valence-corrected chi connectivity index (χ0v) is 16.8. The number of H-pyrrole nitrogens is 1. The van der Waals surface area contributed by atoms with Crippen molar-refractivity contribution < 1.29 is 9.18 Å². The van der Waals surface area contributed by atoms with Gasteiger partial charge in [-0.25, -0.2) is 4.39 Å². The molecule has 1 aliphatic heterocycles. The number of rotatable bonds is 5. The highest BCUT2D eigenvalue weighted by molar-refractivity contribution is 5.93. The fraction of sp³-hybridized carbons (Fsp3) is 0.333. The van der Waals surface area contributed by atoms with Gasteiger partial charge in [0, 0.05) is 37.3 Å². The number of nitrogens with zero attached hydrogens (tertiary/aromatic N) is 3. The topological polar surface area (TPSA) is 52.2 Å². The van der Waals surface area contributed by atoms with Crippen LogP contribution in [0, 0.1) is 5.82 Å². The maximum atomic E-state index is 13.4. The molecular weight excluding hydrogens is 379 g/mol. The number of nitrogens with one attached hydrogen (secondary N) is 1. The number of hydrogen-bond donors (Lipinski definition) is 1. The van der Waals surface area contributed by atoms with Crippen LogP contribution in [0.5, 0.6) is 0 Å². The van der Waals surface area contributed by atoms with Crippen molar-refractivity contribution in [3.63, 3.8) is 0 Å². The van der Waals surface area contributed by atoms with E-state index in [1.165, 1.54) is 30.5 Å². The highest BCUT2D eigenvalue weighted by atomic mass is 19.1. The van der Waals surface area contributed by atoms with E-state index < -0.39 is 0 Å². The number of aromatic amines is 1. The van der Waals surface area contributed by atoms with Gasteiger partial charge in [0.25, 0.3) is 5.91 Å². The summed E-state index contributed by atoms with van der Waals surface area (Å²) in [5, 5.41) is 7.19. The van der Waals surface area contributed by atoms with Gasteiger partial charge in [-0.15, -0.1) is 0 Å². The van der Waals surface area contributed by atoms with Gasteiger partial charge in [-0.2, -0.15) is 5.10 Å². The van der Waals surface area contributed by atoms with Crippen LogP contribution in [0.4, 0.5) is 4.39 Å². The molecule has 1 aromatic heterocycles. The maximum absolute atomic E-state index is 13.4. The zero-order valence-electron chi connectivity index (χ0n) is 16.8. The van der Waals surface area contributed by atoms with E-state index in [4.69, 9.17) is 0 Å². The quantitative estimate of drug-likeness (QED) is 0.705. The summed E-state index contributed by atoms with van der Waals surface area (Å²) < 4.78 is 13.2. The molecule has 2 fully saturated rings. The Balaban J connectivity index is 1.36. The van der Waals surface area contributed by atoms with Crippen molar-refractivity contribution in [3.05, 3.63) is 77.7 Å². The van der Waals surface area contributed by atoms with Crippen molar-refractivity contribution in [2.45, 2.75) is 31.3 Å². The molecule has 1 saturated carbocycles. The van der Waals surface area contributed by atoms with Gasteiger partial charge < -0.3 is 4.90 Å². The molecule has 0 radical (unpaired) electrons. The standard InChI is InChI=1S/C24H25FN4O/c25-19-8-6-18(7-9-19)22-15-23(27-26-22)24(30)29-13-12-28(20-10-11-20)16-21(29)14-17-4-2-1-3-5-17/h1-9,15,20-21H,10-14,16H2,(H,26,27). The first-order chi connectivity index (χ1) is 14.7. The molecule has 2 aliphatic rings. The SMILES string of the molecule is O=C(c1cc(-c2ccc(F)cc2)n[nH]1)N1CCN(C2CC2)CC1Cc1ccccc1. The lowest BCUT2D eigenvalue weighted by atomic mass is 10.0. The first kappa shape index (κ1) is 19.0.